The Morgan fingerprint density at radius 2 is 2.33 bits per heavy atom. The highest BCUT2D eigenvalue weighted by Crippen LogP contribution is 2.30. The Hall–Kier alpha value is -1.10. The van der Waals surface area contributed by atoms with Crippen LogP contribution in [0.1, 0.15) is 23.3 Å². The molecule has 0 atom stereocenters. The maximum atomic E-state index is 11.3. The summed E-state index contributed by atoms with van der Waals surface area (Å²) >= 11 is 3.28. The second-order valence-corrected chi connectivity index (χ2v) is 4.13. The molecule has 4 nitrogen and oxygen atoms in total. The van der Waals surface area contributed by atoms with Gasteiger partial charge in [0.2, 0.25) is 0 Å². The van der Waals surface area contributed by atoms with E-state index >= 15 is 0 Å². The third-order valence-corrected chi connectivity index (χ3v) is 2.66. The van der Waals surface area contributed by atoms with Crippen molar-refractivity contribution in [1.82, 2.24) is 10.3 Å². The highest BCUT2D eigenvalue weighted by Gasteiger charge is 2.24. The SMILES string of the molecule is CNC(=O)c1ccc(OC2CC2)c(Br)n1. The summed E-state index contributed by atoms with van der Waals surface area (Å²) in [7, 11) is 1.58. The predicted octanol–water partition coefficient (Wildman–Crippen LogP) is 1.74. The number of ether oxygens (including phenoxy) is 1. The quantitative estimate of drug-likeness (QED) is 0.852. The Kier molecular flexibility index (Phi) is 2.90. The van der Waals surface area contributed by atoms with Crippen LogP contribution in [-0.4, -0.2) is 24.0 Å². The molecule has 0 bridgehead atoms. The molecule has 1 amide bonds. The molecular formula is C10H11BrN2O2. The minimum atomic E-state index is -0.200. The molecular weight excluding hydrogens is 260 g/mol. The summed E-state index contributed by atoms with van der Waals surface area (Å²) in [5.41, 5.74) is 0.382. The highest BCUT2D eigenvalue weighted by molar-refractivity contribution is 9.10. The fourth-order valence-corrected chi connectivity index (χ4v) is 1.55. The number of nitrogens with one attached hydrogen (secondary N) is 1. The fraction of sp³-hybridized carbons (Fsp3) is 0.400. The van der Waals surface area contributed by atoms with Gasteiger partial charge in [-0.25, -0.2) is 4.98 Å². The number of hydrogen-bond donors (Lipinski definition) is 1. The van der Waals surface area contributed by atoms with E-state index in [0.717, 1.165) is 12.8 Å². The predicted molar refractivity (Wildman–Crippen MR) is 59.0 cm³/mol. The summed E-state index contributed by atoms with van der Waals surface area (Å²) in [6.07, 6.45) is 2.53. The average Bonchev–Trinajstić information content (AvgIpc) is 3.04. The topological polar surface area (TPSA) is 51.2 Å². The van der Waals surface area contributed by atoms with Gasteiger partial charge in [0.05, 0.1) is 6.10 Å². The van der Waals surface area contributed by atoms with Crippen LogP contribution >= 0.6 is 15.9 Å². The number of carbonyl (C=O) groups is 1. The van der Waals surface area contributed by atoms with E-state index < -0.39 is 0 Å². The molecule has 2 rings (SSSR count). The van der Waals surface area contributed by atoms with Gasteiger partial charge < -0.3 is 10.1 Å². The first-order valence-electron chi connectivity index (χ1n) is 4.76. The van der Waals surface area contributed by atoms with Crippen molar-refractivity contribution in [2.75, 3.05) is 7.05 Å². The number of rotatable bonds is 3. The van der Waals surface area contributed by atoms with Crippen LogP contribution in [0.25, 0.3) is 0 Å². The minimum Gasteiger partial charge on any atom is -0.488 e. The lowest BCUT2D eigenvalue weighted by atomic mass is 10.3. The van der Waals surface area contributed by atoms with Crippen molar-refractivity contribution < 1.29 is 9.53 Å². The summed E-state index contributed by atoms with van der Waals surface area (Å²) < 4.78 is 6.16. The maximum absolute atomic E-state index is 11.3. The minimum absolute atomic E-state index is 0.200. The molecule has 0 unspecified atom stereocenters. The van der Waals surface area contributed by atoms with E-state index in [1.807, 2.05) is 0 Å². The van der Waals surface area contributed by atoms with Crippen molar-refractivity contribution in [3.63, 3.8) is 0 Å². The fourth-order valence-electron chi connectivity index (χ4n) is 1.13. The van der Waals surface area contributed by atoms with E-state index in [9.17, 15) is 4.79 Å². The van der Waals surface area contributed by atoms with Gasteiger partial charge >= 0.3 is 0 Å². The lowest BCUT2D eigenvalue weighted by Crippen LogP contribution is -2.19. The second-order valence-electron chi connectivity index (χ2n) is 3.38. The summed E-state index contributed by atoms with van der Waals surface area (Å²) in [5, 5.41) is 2.52. The van der Waals surface area contributed by atoms with Crippen LogP contribution in [0, 0.1) is 0 Å². The summed E-state index contributed by atoms with van der Waals surface area (Å²) in [5.74, 6) is 0.499. The zero-order valence-corrected chi connectivity index (χ0v) is 9.87. The maximum Gasteiger partial charge on any atom is 0.269 e. The molecule has 0 aliphatic heterocycles. The molecule has 0 spiro atoms. The van der Waals surface area contributed by atoms with Gasteiger partial charge in [-0.3, -0.25) is 4.79 Å². The Morgan fingerprint density at radius 3 is 2.87 bits per heavy atom. The summed E-state index contributed by atoms with van der Waals surface area (Å²) in [6, 6.07) is 3.42. The monoisotopic (exact) mass is 270 g/mol. The standard InChI is InChI=1S/C10H11BrN2O2/c1-12-10(14)7-4-5-8(9(11)13-7)15-6-2-3-6/h4-6H,2-3H2,1H3,(H,12,14). The lowest BCUT2D eigenvalue weighted by Gasteiger charge is -2.07. The van der Waals surface area contributed by atoms with Gasteiger partial charge in [0, 0.05) is 7.05 Å². The van der Waals surface area contributed by atoms with Crippen molar-refractivity contribution in [3.05, 3.63) is 22.4 Å². The smallest absolute Gasteiger partial charge is 0.269 e. The molecule has 0 aromatic carbocycles. The van der Waals surface area contributed by atoms with Crippen LogP contribution in [0.2, 0.25) is 0 Å². The summed E-state index contributed by atoms with van der Waals surface area (Å²) in [4.78, 5) is 15.4. The van der Waals surface area contributed by atoms with Crippen molar-refractivity contribution in [1.29, 1.82) is 0 Å². The van der Waals surface area contributed by atoms with E-state index in [-0.39, 0.29) is 5.91 Å². The highest BCUT2D eigenvalue weighted by atomic mass is 79.9. The van der Waals surface area contributed by atoms with Crippen LogP contribution in [0.4, 0.5) is 0 Å². The van der Waals surface area contributed by atoms with Crippen molar-refractivity contribution in [2.24, 2.45) is 0 Å². The molecule has 15 heavy (non-hydrogen) atoms. The second kappa shape index (κ2) is 4.18. The van der Waals surface area contributed by atoms with Crippen molar-refractivity contribution >= 4 is 21.8 Å². The zero-order chi connectivity index (χ0) is 10.8. The van der Waals surface area contributed by atoms with Gasteiger partial charge in [0.15, 0.2) is 5.75 Å². The van der Waals surface area contributed by atoms with Crippen LogP contribution < -0.4 is 10.1 Å². The summed E-state index contributed by atoms with van der Waals surface area (Å²) in [6.45, 7) is 0. The first-order chi connectivity index (χ1) is 7.20. The Morgan fingerprint density at radius 1 is 1.60 bits per heavy atom. The van der Waals surface area contributed by atoms with Gasteiger partial charge in [0.25, 0.3) is 5.91 Å². The number of pyridine rings is 1. The molecule has 1 saturated carbocycles. The van der Waals surface area contributed by atoms with Crippen LogP contribution in [-0.2, 0) is 0 Å². The van der Waals surface area contributed by atoms with Crippen LogP contribution in [0.15, 0.2) is 16.7 Å². The Labute approximate surface area is 96.2 Å². The van der Waals surface area contributed by atoms with E-state index in [2.05, 4.69) is 26.2 Å². The molecule has 1 aromatic rings. The molecule has 1 aliphatic rings. The number of amides is 1. The molecule has 1 aliphatic carbocycles. The number of halogens is 1. The average molecular weight is 271 g/mol. The van der Waals surface area contributed by atoms with E-state index in [4.69, 9.17) is 4.74 Å². The first kappa shape index (κ1) is 10.4. The molecule has 1 aromatic heterocycles. The van der Waals surface area contributed by atoms with Gasteiger partial charge in [-0.1, -0.05) is 0 Å². The van der Waals surface area contributed by atoms with Crippen molar-refractivity contribution in [2.45, 2.75) is 18.9 Å². The molecule has 1 N–H and O–H groups in total. The zero-order valence-electron chi connectivity index (χ0n) is 8.29. The number of nitrogens with zero attached hydrogens (tertiary/aromatic N) is 1. The Bertz CT molecular complexity index is 391. The molecule has 0 saturated heterocycles. The number of carbonyl (C=O) groups excluding carboxylic acids is 1. The van der Waals surface area contributed by atoms with E-state index in [1.54, 1.807) is 19.2 Å². The Balaban J connectivity index is 2.17. The lowest BCUT2D eigenvalue weighted by molar-refractivity contribution is 0.0958. The molecule has 80 valence electrons. The molecule has 0 radical (unpaired) electrons. The van der Waals surface area contributed by atoms with Gasteiger partial charge in [-0.05, 0) is 40.9 Å². The van der Waals surface area contributed by atoms with Crippen LogP contribution in [0.5, 0.6) is 5.75 Å². The van der Waals surface area contributed by atoms with Gasteiger partial charge in [0.1, 0.15) is 10.3 Å². The third kappa shape index (κ3) is 2.47. The number of aromatic nitrogens is 1. The first-order valence-corrected chi connectivity index (χ1v) is 5.55. The van der Waals surface area contributed by atoms with E-state index in [1.165, 1.54) is 0 Å². The normalized spacial score (nSPS) is 14.8. The molecule has 1 fully saturated rings. The van der Waals surface area contributed by atoms with Crippen molar-refractivity contribution in [3.8, 4) is 5.75 Å². The molecule has 1 heterocycles. The number of hydrogen-bond acceptors (Lipinski definition) is 3. The largest absolute Gasteiger partial charge is 0.488 e. The van der Waals surface area contributed by atoms with Gasteiger partial charge in [-0.2, -0.15) is 0 Å². The third-order valence-electron chi connectivity index (χ3n) is 2.09. The van der Waals surface area contributed by atoms with E-state index in [0.29, 0.717) is 22.2 Å². The van der Waals surface area contributed by atoms with Gasteiger partial charge in [-0.15, -0.1) is 0 Å². The van der Waals surface area contributed by atoms with Crippen LogP contribution in [0.3, 0.4) is 0 Å². The molecule has 5 heteroatoms.